The number of rotatable bonds is 7. The fraction of sp³-hybridized carbons (Fsp3) is 0.652. The first kappa shape index (κ1) is 22.3. The van der Waals surface area contributed by atoms with Crippen LogP contribution >= 0.6 is 0 Å². The molecule has 1 nitrogen and oxygen atoms in total. The molecular formula is C23H29F5O. The van der Waals surface area contributed by atoms with E-state index >= 15 is 0 Å². The van der Waals surface area contributed by atoms with Gasteiger partial charge in [-0.1, -0.05) is 25.0 Å². The van der Waals surface area contributed by atoms with Crippen LogP contribution in [-0.2, 0) is 11.2 Å². The van der Waals surface area contributed by atoms with Crippen molar-refractivity contribution in [1.29, 1.82) is 0 Å². The minimum absolute atomic E-state index is 0.0689. The first-order valence-electron chi connectivity index (χ1n) is 10.6. The summed E-state index contributed by atoms with van der Waals surface area (Å²) in [4.78, 5) is 0. The van der Waals surface area contributed by atoms with E-state index < -0.39 is 29.3 Å². The SMILES string of the molecule is C=CC1CCC(C2CCC(CCCCc3ccc(F)c(F)c3F)CC2(F)F)OC1. The van der Waals surface area contributed by atoms with Crippen molar-refractivity contribution in [1.82, 2.24) is 0 Å². The molecule has 0 aromatic heterocycles. The third-order valence-corrected chi connectivity index (χ3v) is 6.54. The molecule has 4 atom stereocenters. The third-order valence-electron chi connectivity index (χ3n) is 6.54. The van der Waals surface area contributed by atoms with Crippen molar-refractivity contribution in [2.75, 3.05) is 6.61 Å². The highest BCUT2D eigenvalue weighted by Crippen LogP contribution is 2.46. The van der Waals surface area contributed by atoms with Gasteiger partial charge in [-0.05, 0) is 56.1 Å². The smallest absolute Gasteiger partial charge is 0.253 e. The monoisotopic (exact) mass is 416 g/mol. The number of ether oxygens (including phenoxy) is 1. The first-order valence-corrected chi connectivity index (χ1v) is 10.6. The van der Waals surface area contributed by atoms with Crippen LogP contribution in [0.25, 0.3) is 0 Å². The van der Waals surface area contributed by atoms with Crippen LogP contribution in [0, 0.1) is 35.2 Å². The van der Waals surface area contributed by atoms with E-state index in [1.54, 1.807) is 0 Å². The molecule has 1 saturated heterocycles. The Bertz CT molecular complexity index is 697. The van der Waals surface area contributed by atoms with Crippen LogP contribution in [0.3, 0.4) is 0 Å². The van der Waals surface area contributed by atoms with Gasteiger partial charge in [0.15, 0.2) is 17.5 Å². The van der Waals surface area contributed by atoms with Crippen molar-refractivity contribution in [3.8, 4) is 0 Å². The summed E-state index contributed by atoms with van der Waals surface area (Å²) in [5.41, 5.74) is 0.130. The summed E-state index contributed by atoms with van der Waals surface area (Å²) >= 11 is 0. The molecule has 1 aliphatic carbocycles. The van der Waals surface area contributed by atoms with Gasteiger partial charge in [-0.2, -0.15) is 0 Å². The van der Waals surface area contributed by atoms with Crippen LogP contribution in [0.1, 0.15) is 56.9 Å². The van der Waals surface area contributed by atoms with Gasteiger partial charge >= 0.3 is 0 Å². The normalized spacial score (nSPS) is 29.6. The third kappa shape index (κ3) is 5.39. The minimum atomic E-state index is -2.74. The van der Waals surface area contributed by atoms with Crippen LogP contribution in [-0.4, -0.2) is 18.6 Å². The predicted molar refractivity (Wildman–Crippen MR) is 102 cm³/mol. The van der Waals surface area contributed by atoms with Gasteiger partial charge in [0.05, 0.1) is 12.7 Å². The largest absolute Gasteiger partial charge is 0.377 e. The highest BCUT2D eigenvalue weighted by atomic mass is 19.3. The van der Waals surface area contributed by atoms with Crippen molar-refractivity contribution in [3.63, 3.8) is 0 Å². The summed E-state index contributed by atoms with van der Waals surface area (Å²) in [5, 5.41) is 0. The number of hydrogen-bond acceptors (Lipinski definition) is 1. The van der Waals surface area contributed by atoms with Crippen molar-refractivity contribution < 1.29 is 26.7 Å². The highest BCUT2D eigenvalue weighted by Gasteiger charge is 2.49. The fourth-order valence-corrected chi connectivity index (χ4v) is 4.77. The number of alkyl halides is 2. The Morgan fingerprint density at radius 1 is 1.03 bits per heavy atom. The molecule has 1 saturated carbocycles. The zero-order chi connectivity index (χ0) is 21.0. The van der Waals surface area contributed by atoms with Crippen molar-refractivity contribution in [3.05, 3.63) is 47.8 Å². The number of halogens is 5. The average molecular weight is 416 g/mol. The lowest BCUT2D eigenvalue weighted by molar-refractivity contribution is -0.166. The maximum Gasteiger partial charge on any atom is 0.253 e. The van der Waals surface area contributed by atoms with Gasteiger partial charge in [0.1, 0.15) is 0 Å². The number of benzene rings is 1. The summed E-state index contributed by atoms with van der Waals surface area (Å²) in [5.74, 6) is -7.07. The summed E-state index contributed by atoms with van der Waals surface area (Å²) in [6, 6.07) is 2.16. The van der Waals surface area contributed by atoms with Crippen LogP contribution in [0.5, 0.6) is 0 Å². The van der Waals surface area contributed by atoms with Crippen LogP contribution in [0.4, 0.5) is 22.0 Å². The Labute approximate surface area is 169 Å². The van der Waals surface area contributed by atoms with Crippen molar-refractivity contribution in [2.45, 2.75) is 69.8 Å². The van der Waals surface area contributed by atoms with Gasteiger partial charge in [0, 0.05) is 18.3 Å². The molecule has 0 amide bonds. The Morgan fingerprint density at radius 2 is 1.83 bits per heavy atom. The highest BCUT2D eigenvalue weighted by molar-refractivity contribution is 5.20. The van der Waals surface area contributed by atoms with Crippen LogP contribution in [0.15, 0.2) is 24.8 Å². The number of aryl methyl sites for hydroxylation is 1. The lowest BCUT2D eigenvalue weighted by Gasteiger charge is -2.42. The molecule has 0 N–H and O–H groups in total. The van der Waals surface area contributed by atoms with Crippen LogP contribution < -0.4 is 0 Å². The molecule has 3 rings (SSSR count). The summed E-state index contributed by atoms with van der Waals surface area (Å²) in [6.45, 7) is 4.22. The van der Waals surface area contributed by atoms with E-state index in [-0.39, 0.29) is 36.3 Å². The van der Waals surface area contributed by atoms with Crippen molar-refractivity contribution in [2.24, 2.45) is 17.8 Å². The molecule has 2 fully saturated rings. The zero-order valence-electron chi connectivity index (χ0n) is 16.6. The second-order valence-electron chi connectivity index (χ2n) is 8.54. The molecule has 0 bridgehead atoms. The molecule has 1 heterocycles. The van der Waals surface area contributed by atoms with E-state index in [2.05, 4.69) is 6.58 Å². The van der Waals surface area contributed by atoms with E-state index in [0.29, 0.717) is 38.7 Å². The Balaban J connectivity index is 1.44. The molecule has 1 aromatic carbocycles. The molecule has 4 unspecified atom stereocenters. The predicted octanol–water partition coefficient (Wildman–Crippen LogP) is 6.85. The summed E-state index contributed by atoms with van der Waals surface area (Å²) in [6.07, 6.45) is 6.15. The van der Waals surface area contributed by atoms with Gasteiger partial charge < -0.3 is 4.74 Å². The molecule has 2 aliphatic rings. The number of hydrogen-bond donors (Lipinski definition) is 0. The standard InChI is InChI=1S/C23H29F5O/c1-2-15-8-12-20(29-14-15)18-10-7-16(13-23(18,27)28)5-3-4-6-17-9-11-19(24)22(26)21(17)25/h2,9,11,15-16,18,20H,1,3-8,10,12-14H2. The zero-order valence-corrected chi connectivity index (χ0v) is 16.6. The van der Waals surface area contributed by atoms with Gasteiger partial charge in [-0.3, -0.25) is 0 Å². The van der Waals surface area contributed by atoms with E-state index in [0.717, 1.165) is 18.9 Å². The van der Waals surface area contributed by atoms with E-state index in [4.69, 9.17) is 4.74 Å². The van der Waals surface area contributed by atoms with Gasteiger partial charge in [0.25, 0.3) is 5.92 Å². The lowest BCUT2D eigenvalue weighted by Crippen LogP contribution is -2.45. The molecule has 29 heavy (non-hydrogen) atoms. The number of unbranched alkanes of at least 4 members (excludes halogenated alkanes) is 1. The van der Waals surface area contributed by atoms with E-state index in [1.165, 1.54) is 6.07 Å². The average Bonchev–Trinajstić information content (AvgIpc) is 2.70. The molecule has 6 heteroatoms. The second-order valence-corrected chi connectivity index (χ2v) is 8.54. The second kappa shape index (κ2) is 9.59. The van der Waals surface area contributed by atoms with Gasteiger partial charge in [0.2, 0.25) is 0 Å². The fourth-order valence-electron chi connectivity index (χ4n) is 4.77. The topological polar surface area (TPSA) is 9.23 Å². The summed E-state index contributed by atoms with van der Waals surface area (Å²) < 4.78 is 75.2. The Kier molecular flexibility index (Phi) is 7.36. The maximum absolute atomic E-state index is 14.8. The van der Waals surface area contributed by atoms with E-state index in [9.17, 15) is 22.0 Å². The molecule has 162 valence electrons. The Morgan fingerprint density at radius 3 is 2.48 bits per heavy atom. The molecule has 1 aromatic rings. The molecule has 1 aliphatic heterocycles. The first-order chi connectivity index (χ1) is 13.8. The van der Waals surface area contributed by atoms with Crippen LogP contribution in [0.2, 0.25) is 0 Å². The maximum atomic E-state index is 14.8. The minimum Gasteiger partial charge on any atom is -0.377 e. The van der Waals surface area contributed by atoms with Gasteiger partial charge in [-0.15, -0.1) is 6.58 Å². The van der Waals surface area contributed by atoms with Crippen molar-refractivity contribution >= 4 is 0 Å². The summed E-state index contributed by atoms with van der Waals surface area (Å²) in [7, 11) is 0. The lowest BCUT2D eigenvalue weighted by atomic mass is 9.73. The van der Waals surface area contributed by atoms with E-state index in [1.807, 2.05) is 6.08 Å². The quantitative estimate of drug-likeness (QED) is 0.204. The molecule has 0 spiro atoms. The van der Waals surface area contributed by atoms with Gasteiger partial charge in [-0.25, -0.2) is 22.0 Å². The molecular weight excluding hydrogens is 387 g/mol. The Hall–Kier alpha value is -1.43. The molecule has 0 radical (unpaired) electrons.